The quantitative estimate of drug-likeness (QED) is 0.239. The fourth-order valence-electron chi connectivity index (χ4n) is 0.610. The summed E-state index contributed by atoms with van der Waals surface area (Å²) in [7, 11) is 0. The van der Waals surface area contributed by atoms with E-state index in [2.05, 4.69) is 5.32 Å². The fraction of sp³-hybridized carbons (Fsp3) is 0.667. The van der Waals surface area contributed by atoms with Gasteiger partial charge in [0, 0.05) is 6.54 Å². The third-order valence-corrected chi connectivity index (χ3v) is 1.17. The minimum absolute atomic E-state index is 0.0458. The van der Waals surface area contributed by atoms with E-state index in [0.717, 1.165) is 6.42 Å². The molecule has 1 atom stereocenters. The van der Waals surface area contributed by atoms with Gasteiger partial charge in [0.25, 0.3) is 0 Å². The monoisotopic (exact) mass is 155 g/mol. The Balaban J connectivity index is 3.16. The van der Waals surface area contributed by atoms with Crippen molar-refractivity contribution in [1.29, 1.82) is 10.7 Å². The standard InChI is InChI=1S/C6H13N5/c7-4-5(8)2-1-3-11-6(9)10/h5H,1-3,8H2,(H4,9,10,11). The van der Waals surface area contributed by atoms with Crippen LogP contribution >= 0.6 is 0 Å². The van der Waals surface area contributed by atoms with Gasteiger partial charge in [-0.15, -0.1) is 0 Å². The second-order valence-electron chi connectivity index (χ2n) is 2.22. The molecule has 0 heterocycles. The van der Waals surface area contributed by atoms with E-state index in [1.165, 1.54) is 0 Å². The molecule has 0 aromatic carbocycles. The number of hydrogen-bond acceptors (Lipinski definition) is 3. The largest absolute Gasteiger partial charge is 0.370 e. The zero-order valence-corrected chi connectivity index (χ0v) is 6.30. The van der Waals surface area contributed by atoms with Crippen molar-refractivity contribution in [3.63, 3.8) is 0 Å². The highest BCUT2D eigenvalue weighted by molar-refractivity contribution is 5.74. The molecular weight excluding hydrogens is 142 g/mol. The second kappa shape index (κ2) is 5.50. The van der Waals surface area contributed by atoms with Gasteiger partial charge in [-0.25, -0.2) is 0 Å². The molecule has 6 N–H and O–H groups in total. The number of hydrogen-bond donors (Lipinski definition) is 4. The van der Waals surface area contributed by atoms with Crippen molar-refractivity contribution in [3.05, 3.63) is 0 Å². The zero-order chi connectivity index (χ0) is 8.69. The second-order valence-corrected chi connectivity index (χ2v) is 2.22. The van der Waals surface area contributed by atoms with Crippen LogP contribution in [0.2, 0.25) is 0 Å². The first-order chi connectivity index (χ1) is 5.16. The Labute approximate surface area is 65.9 Å². The van der Waals surface area contributed by atoms with Gasteiger partial charge < -0.3 is 16.8 Å². The average Bonchev–Trinajstić information content (AvgIpc) is 1.97. The van der Waals surface area contributed by atoms with Gasteiger partial charge in [-0.1, -0.05) is 0 Å². The van der Waals surface area contributed by atoms with E-state index < -0.39 is 6.04 Å². The summed E-state index contributed by atoms with van der Waals surface area (Å²) in [6.45, 7) is 0.602. The molecular formula is C6H13N5. The highest BCUT2D eigenvalue weighted by atomic mass is 15.0. The smallest absolute Gasteiger partial charge is 0.185 e. The molecule has 62 valence electrons. The van der Waals surface area contributed by atoms with Crippen molar-refractivity contribution in [2.24, 2.45) is 11.5 Å². The van der Waals surface area contributed by atoms with E-state index in [9.17, 15) is 0 Å². The van der Waals surface area contributed by atoms with Gasteiger partial charge in [-0.05, 0) is 12.8 Å². The lowest BCUT2D eigenvalue weighted by Crippen LogP contribution is -2.31. The molecule has 0 aromatic heterocycles. The molecule has 1 unspecified atom stereocenters. The van der Waals surface area contributed by atoms with Crippen LogP contribution in [-0.2, 0) is 0 Å². The Hall–Kier alpha value is -1.28. The van der Waals surface area contributed by atoms with Gasteiger partial charge in [0.1, 0.15) is 0 Å². The summed E-state index contributed by atoms with van der Waals surface area (Å²) in [6, 6.07) is 1.52. The first kappa shape index (κ1) is 9.72. The number of nitrogens with two attached hydrogens (primary N) is 2. The predicted octanol–water partition coefficient (Wildman–Crippen LogP) is -0.899. The summed E-state index contributed by atoms with van der Waals surface area (Å²) >= 11 is 0. The first-order valence-electron chi connectivity index (χ1n) is 3.40. The number of nitrogens with one attached hydrogen (secondary N) is 2. The Morgan fingerprint density at radius 1 is 1.73 bits per heavy atom. The minimum Gasteiger partial charge on any atom is -0.370 e. The first-order valence-corrected chi connectivity index (χ1v) is 3.40. The topological polar surface area (TPSA) is 112 Å². The summed E-state index contributed by atoms with van der Waals surface area (Å²) in [5.41, 5.74) is 10.3. The van der Waals surface area contributed by atoms with Crippen molar-refractivity contribution in [2.45, 2.75) is 18.9 Å². The molecule has 0 aliphatic rings. The molecule has 0 spiro atoms. The normalized spacial score (nSPS) is 11.6. The number of nitrogens with zero attached hydrogens (tertiary/aromatic N) is 1. The molecule has 0 radical (unpaired) electrons. The van der Waals surface area contributed by atoms with Crippen LogP contribution in [-0.4, -0.2) is 18.5 Å². The molecule has 0 fully saturated rings. The van der Waals surface area contributed by atoms with Crippen LogP contribution in [0.3, 0.4) is 0 Å². The molecule has 5 nitrogen and oxygen atoms in total. The Kier molecular flexibility index (Phi) is 4.86. The summed E-state index contributed by atoms with van der Waals surface area (Å²) in [5.74, 6) is -0.0458. The number of nitriles is 1. The van der Waals surface area contributed by atoms with Gasteiger partial charge in [-0.2, -0.15) is 5.26 Å². The Morgan fingerprint density at radius 2 is 2.36 bits per heavy atom. The average molecular weight is 155 g/mol. The highest BCUT2D eigenvalue weighted by Crippen LogP contribution is 1.90. The Bertz CT molecular complexity index is 159. The van der Waals surface area contributed by atoms with E-state index in [1.54, 1.807) is 0 Å². The van der Waals surface area contributed by atoms with Gasteiger partial charge in [0.2, 0.25) is 0 Å². The third-order valence-electron chi connectivity index (χ3n) is 1.17. The molecule has 0 rings (SSSR count). The maximum atomic E-state index is 8.28. The maximum absolute atomic E-state index is 8.28. The van der Waals surface area contributed by atoms with Crippen LogP contribution in [0.1, 0.15) is 12.8 Å². The van der Waals surface area contributed by atoms with E-state index in [-0.39, 0.29) is 5.96 Å². The molecule has 0 amide bonds. The van der Waals surface area contributed by atoms with E-state index in [1.807, 2.05) is 6.07 Å². The van der Waals surface area contributed by atoms with Gasteiger partial charge in [-0.3, -0.25) is 5.41 Å². The van der Waals surface area contributed by atoms with E-state index in [4.69, 9.17) is 22.1 Å². The lowest BCUT2D eigenvalue weighted by Gasteiger charge is -2.03. The highest BCUT2D eigenvalue weighted by Gasteiger charge is 1.97. The predicted molar refractivity (Wildman–Crippen MR) is 42.7 cm³/mol. The van der Waals surface area contributed by atoms with Crippen LogP contribution in [0.15, 0.2) is 0 Å². The summed E-state index contributed by atoms with van der Waals surface area (Å²) in [5, 5.41) is 17.7. The molecule has 0 bridgehead atoms. The van der Waals surface area contributed by atoms with Crippen molar-refractivity contribution >= 4 is 5.96 Å². The van der Waals surface area contributed by atoms with Crippen molar-refractivity contribution in [2.75, 3.05) is 6.54 Å². The maximum Gasteiger partial charge on any atom is 0.185 e. The summed E-state index contributed by atoms with van der Waals surface area (Å²) in [6.07, 6.45) is 1.39. The zero-order valence-electron chi connectivity index (χ0n) is 6.30. The van der Waals surface area contributed by atoms with Crippen LogP contribution in [0.4, 0.5) is 0 Å². The number of guanidine groups is 1. The molecule has 0 aliphatic carbocycles. The van der Waals surface area contributed by atoms with Crippen LogP contribution in [0.25, 0.3) is 0 Å². The van der Waals surface area contributed by atoms with Crippen molar-refractivity contribution in [3.8, 4) is 6.07 Å². The van der Waals surface area contributed by atoms with Crippen molar-refractivity contribution < 1.29 is 0 Å². The van der Waals surface area contributed by atoms with Gasteiger partial charge in [0.05, 0.1) is 12.1 Å². The minimum atomic E-state index is -0.399. The van der Waals surface area contributed by atoms with E-state index in [0.29, 0.717) is 13.0 Å². The van der Waals surface area contributed by atoms with Gasteiger partial charge in [0.15, 0.2) is 5.96 Å². The molecule has 0 aromatic rings. The van der Waals surface area contributed by atoms with Crippen LogP contribution in [0.5, 0.6) is 0 Å². The van der Waals surface area contributed by atoms with Crippen molar-refractivity contribution in [1.82, 2.24) is 5.32 Å². The molecule has 0 aliphatic heterocycles. The SMILES string of the molecule is N#CC(N)CCCNC(=N)N. The Morgan fingerprint density at radius 3 is 2.82 bits per heavy atom. The molecule has 11 heavy (non-hydrogen) atoms. The van der Waals surface area contributed by atoms with E-state index >= 15 is 0 Å². The van der Waals surface area contributed by atoms with Crippen LogP contribution in [0, 0.1) is 16.7 Å². The lowest BCUT2D eigenvalue weighted by molar-refractivity contribution is 0.658. The fourth-order valence-corrected chi connectivity index (χ4v) is 0.610. The molecule has 0 saturated heterocycles. The lowest BCUT2D eigenvalue weighted by atomic mass is 10.2. The third kappa shape index (κ3) is 6.61. The summed E-state index contributed by atoms with van der Waals surface area (Å²) < 4.78 is 0. The molecule has 0 saturated carbocycles. The van der Waals surface area contributed by atoms with Crippen LogP contribution < -0.4 is 16.8 Å². The molecule has 5 heteroatoms. The summed E-state index contributed by atoms with van der Waals surface area (Å²) in [4.78, 5) is 0. The number of rotatable bonds is 4. The van der Waals surface area contributed by atoms with Gasteiger partial charge >= 0.3 is 0 Å².